The molecule has 0 aliphatic heterocycles. The highest BCUT2D eigenvalue weighted by molar-refractivity contribution is 5.92. The van der Waals surface area contributed by atoms with Gasteiger partial charge in [0.25, 0.3) is 5.91 Å². The van der Waals surface area contributed by atoms with Crippen molar-refractivity contribution in [2.75, 3.05) is 0 Å². The normalized spacial score (nSPS) is 10.3. The van der Waals surface area contributed by atoms with Crippen LogP contribution in [0.25, 0.3) is 0 Å². The van der Waals surface area contributed by atoms with Gasteiger partial charge >= 0.3 is 0 Å². The number of carbonyl (C=O) groups excluding carboxylic acids is 1. The smallest absolute Gasteiger partial charge is 0.270 e. The number of halogens is 1. The van der Waals surface area contributed by atoms with Crippen molar-refractivity contribution in [2.24, 2.45) is 5.73 Å². The minimum atomic E-state index is -0.370. The number of nitrogens with zero attached hydrogens (tertiary/aromatic N) is 1. The molecule has 1 amide bonds. The molecule has 4 nitrogen and oxygen atoms in total. The van der Waals surface area contributed by atoms with Gasteiger partial charge in [-0.25, -0.2) is 9.37 Å². The molecule has 0 atom stereocenters. The number of nitrogens with one attached hydrogen (secondary N) is 1. The molecule has 1 heterocycles. The van der Waals surface area contributed by atoms with E-state index in [0.717, 1.165) is 11.3 Å². The number of aryl methyl sites for hydroxylation is 1. The first-order valence-corrected chi connectivity index (χ1v) is 6.29. The van der Waals surface area contributed by atoms with Gasteiger partial charge in [-0.05, 0) is 30.7 Å². The van der Waals surface area contributed by atoms with Gasteiger partial charge in [-0.2, -0.15) is 0 Å². The van der Waals surface area contributed by atoms with E-state index in [1.165, 1.54) is 6.07 Å². The van der Waals surface area contributed by atoms with E-state index in [2.05, 4.69) is 10.3 Å². The molecule has 1 aromatic carbocycles. The second-order valence-corrected chi connectivity index (χ2v) is 4.48. The van der Waals surface area contributed by atoms with Crippen molar-refractivity contribution in [1.29, 1.82) is 0 Å². The number of aromatic nitrogens is 1. The van der Waals surface area contributed by atoms with Crippen LogP contribution >= 0.6 is 0 Å². The fourth-order valence-corrected chi connectivity index (χ4v) is 1.80. The fourth-order valence-electron chi connectivity index (χ4n) is 1.80. The maximum atomic E-state index is 13.7. The van der Waals surface area contributed by atoms with Crippen molar-refractivity contribution in [1.82, 2.24) is 10.3 Å². The standard InChI is InChI=1S/C15H16FN3O/c1-10-3-2-4-14(19-10)15(20)18-9-12-6-5-11(8-17)7-13(12)16/h2-7H,8-9,17H2,1H3,(H,18,20). The topological polar surface area (TPSA) is 68.0 Å². The average molecular weight is 273 g/mol. The predicted molar refractivity (Wildman–Crippen MR) is 74.4 cm³/mol. The van der Waals surface area contributed by atoms with Crippen molar-refractivity contribution in [3.63, 3.8) is 0 Å². The van der Waals surface area contributed by atoms with Crippen LogP contribution in [-0.4, -0.2) is 10.9 Å². The molecule has 0 spiro atoms. The summed E-state index contributed by atoms with van der Waals surface area (Å²) >= 11 is 0. The lowest BCUT2D eigenvalue weighted by atomic mass is 10.1. The third-order valence-electron chi connectivity index (χ3n) is 2.91. The third kappa shape index (κ3) is 3.39. The quantitative estimate of drug-likeness (QED) is 0.894. The summed E-state index contributed by atoms with van der Waals surface area (Å²) in [6.07, 6.45) is 0. The van der Waals surface area contributed by atoms with Crippen molar-refractivity contribution in [3.05, 3.63) is 64.7 Å². The Morgan fingerprint density at radius 3 is 2.80 bits per heavy atom. The van der Waals surface area contributed by atoms with E-state index in [4.69, 9.17) is 5.73 Å². The highest BCUT2D eigenvalue weighted by atomic mass is 19.1. The molecule has 0 fully saturated rings. The molecule has 2 rings (SSSR count). The second kappa shape index (κ2) is 6.25. The minimum absolute atomic E-state index is 0.116. The van der Waals surface area contributed by atoms with Gasteiger partial charge in [0.2, 0.25) is 0 Å². The fraction of sp³-hybridized carbons (Fsp3) is 0.200. The molecule has 2 aromatic rings. The van der Waals surface area contributed by atoms with E-state index in [-0.39, 0.29) is 24.8 Å². The first-order valence-electron chi connectivity index (χ1n) is 6.29. The molecule has 0 aliphatic carbocycles. The number of rotatable bonds is 4. The molecule has 3 N–H and O–H groups in total. The van der Waals surface area contributed by atoms with E-state index in [0.29, 0.717) is 11.3 Å². The maximum absolute atomic E-state index is 13.7. The number of amides is 1. The Balaban J connectivity index is 2.03. The molecular weight excluding hydrogens is 257 g/mol. The van der Waals surface area contributed by atoms with Crippen molar-refractivity contribution >= 4 is 5.91 Å². The number of carbonyl (C=O) groups is 1. The zero-order chi connectivity index (χ0) is 14.5. The van der Waals surface area contributed by atoms with Crippen LogP contribution < -0.4 is 11.1 Å². The minimum Gasteiger partial charge on any atom is -0.347 e. The first-order chi connectivity index (χ1) is 9.60. The number of hydrogen-bond donors (Lipinski definition) is 2. The predicted octanol–water partition coefficient (Wildman–Crippen LogP) is 1.92. The van der Waals surface area contributed by atoms with Gasteiger partial charge in [0.05, 0.1) is 0 Å². The second-order valence-electron chi connectivity index (χ2n) is 4.48. The summed E-state index contributed by atoms with van der Waals surface area (Å²) < 4.78 is 13.7. The summed E-state index contributed by atoms with van der Waals surface area (Å²) in [5, 5.41) is 2.65. The van der Waals surface area contributed by atoms with Crippen molar-refractivity contribution < 1.29 is 9.18 Å². The number of hydrogen-bond acceptors (Lipinski definition) is 3. The Kier molecular flexibility index (Phi) is 4.42. The van der Waals surface area contributed by atoms with E-state index >= 15 is 0 Å². The van der Waals surface area contributed by atoms with E-state index in [9.17, 15) is 9.18 Å². The van der Waals surface area contributed by atoms with Crippen LogP contribution in [0.15, 0.2) is 36.4 Å². The van der Waals surface area contributed by atoms with Crippen LogP contribution in [0.5, 0.6) is 0 Å². The van der Waals surface area contributed by atoms with Crippen LogP contribution in [0.2, 0.25) is 0 Å². The summed E-state index contributed by atoms with van der Waals surface area (Å²) in [5.74, 6) is -0.693. The van der Waals surface area contributed by atoms with Gasteiger partial charge in [-0.3, -0.25) is 4.79 Å². The number of benzene rings is 1. The Morgan fingerprint density at radius 1 is 1.35 bits per heavy atom. The summed E-state index contributed by atoms with van der Waals surface area (Å²) in [5.41, 5.74) is 7.66. The zero-order valence-electron chi connectivity index (χ0n) is 11.2. The zero-order valence-corrected chi connectivity index (χ0v) is 11.2. The van der Waals surface area contributed by atoms with Gasteiger partial charge in [-0.1, -0.05) is 18.2 Å². The van der Waals surface area contributed by atoms with Gasteiger partial charge < -0.3 is 11.1 Å². The average Bonchev–Trinajstić information content (AvgIpc) is 2.45. The van der Waals surface area contributed by atoms with Gasteiger partial charge in [0, 0.05) is 24.3 Å². The molecule has 1 aromatic heterocycles. The van der Waals surface area contributed by atoms with Gasteiger partial charge in [0.1, 0.15) is 11.5 Å². The highest BCUT2D eigenvalue weighted by Crippen LogP contribution is 2.10. The van der Waals surface area contributed by atoms with Crippen LogP contribution in [0.4, 0.5) is 4.39 Å². The molecule has 5 heteroatoms. The molecule has 104 valence electrons. The Hall–Kier alpha value is -2.27. The van der Waals surface area contributed by atoms with Crippen molar-refractivity contribution in [3.8, 4) is 0 Å². The van der Waals surface area contributed by atoms with Crippen LogP contribution in [0, 0.1) is 12.7 Å². The Bertz CT molecular complexity index is 628. The largest absolute Gasteiger partial charge is 0.347 e. The highest BCUT2D eigenvalue weighted by Gasteiger charge is 2.09. The van der Waals surface area contributed by atoms with Crippen LogP contribution in [0.1, 0.15) is 27.3 Å². The molecule has 20 heavy (non-hydrogen) atoms. The van der Waals surface area contributed by atoms with E-state index in [1.54, 1.807) is 24.3 Å². The molecule has 0 bridgehead atoms. The molecular formula is C15H16FN3O. The van der Waals surface area contributed by atoms with Crippen molar-refractivity contribution in [2.45, 2.75) is 20.0 Å². The van der Waals surface area contributed by atoms with Gasteiger partial charge in [-0.15, -0.1) is 0 Å². The Labute approximate surface area is 116 Å². The van der Waals surface area contributed by atoms with E-state index < -0.39 is 0 Å². The van der Waals surface area contributed by atoms with E-state index in [1.807, 2.05) is 13.0 Å². The molecule has 0 unspecified atom stereocenters. The number of nitrogens with two attached hydrogens (primary N) is 1. The lowest BCUT2D eigenvalue weighted by Gasteiger charge is -2.07. The summed E-state index contributed by atoms with van der Waals surface area (Å²) in [7, 11) is 0. The molecule has 0 radical (unpaired) electrons. The molecule has 0 saturated heterocycles. The lowest BCUT2D eigenvalue weighted by molar-refractivity contribution is 0.0945. The first kappa shape index (κ1) is 14.1. The monoisotopic (exact) mass is 273 g/mol. The molecule has 0 aliphatic rings. The summed E-state index contributed by atoms with van der Waals surface area (Å²) in [6, 6.07) is 9.94. The van der Waals surface area contributed by atoms with Gasteiger partial charge in [0.15, 0.2) is 0 Å². The van der Waals surface area contributed by atoms with Crippen LogP contribution in [0.3, 0.4) is 0 Å². The summed E-state index contributed by atoms with van der Waals surface area (Å²) in [6.45, 7) is 2.21. The summed E-state index contributed by atoms with van der Waals surface area (Å²) in [4.78, 5) is 16.0. The number of pyridine rings is 1. The third-order valence-corrected chi connectivity index (χ3v) is 2.91. The SMILES string of the molecule is Cc1cccc(C(=O)NCc2ccc(CN)cc2F)n1. The molecule has 0 saturated carbocycles. The lowest BCUT2D eigenvalue weighted by Crippen LogP contribution is -2.24. The Morgan fingerprint density at radius 2 is 2.15 bits per heavy atom. The van der Waals surface area contributed by atoms with Crippen LogP contribution in [-0.2, 0) is 13.1 Å². The maximum Gasteiger partial charge on any atom is 0.270 e.